The first-order chi connectivity index (χ1) is 15.8. The van der Waals surface area contributed by atoms with Gasteiger partial charge in [-0.15, -0.1) is 0 Å². The van der Waals surface area contributed by atoms with Crippen LogP contribution in [0.2, 0.25) is 0 Å². The lowest BCUT2D eigenvalue weighted by molar-refractivity contribution is -0.136. The molecule has 0 aromatic heterocycles. The summed E-state index contributed by atoms with van der Waals surface area (Å²) in [5.41, 5.74) is 3.32. The predicted molar refractivity (Wildman–Crippen MR) is 129 cm³/mol. The summed E-state index contributed by atoms with van der Waals surface area (Å²) in [6, 6.07) is 24.4. The highest BCUT2D eigenvalue weighted by Crippen LogP contribution is 2.30. The zero-order valence-electron chi connectivity index (χ0n) is 19.3. The SMILES string of the molecule is COc1cc(/C=C(\C#N)c2ccccc2)ccc1OC(=O)COc1ccc(C(C)(C)C)cc1. The molecule has 168 valence electrons. The zero-order valence-corrected chi connectivity index (χ0v) is 19.3. The van der Waals surface area contributed by atoms with Gasteiger partial charge >= 0.3 is 5.97 Å². The second kappa shape index (κ2) is 10.5. The van der Waals surface area contributed by atoms with Gasteiger partial charge in [0, 0.05) is 0 Å². The van der Waals surface area contributed by atoms with E-state index >= 15 is 0 Å². The van der Waals surface area contributed by atoms with Crippen molar-refractivity contribution >= 4 is 17.6 Å². The van der Waals surface area contributed by atoms with Gasteiger partial charge in [0.2, 0.25) is 0 Å². The molecule has 0 bridgehead atoms. The smallest absolute Gasteiger partial charge is 0.349 e. The molecule has 0 saturated heterocycles. The Kier molecular flexibility index (Phi) is 7.53. The van der Waals surface area contributed by atoms with Crippen LogP contribution in [0.3, 0.4) is 0 Å². The molecule has 3 aromatic rings. The summed E-state index contributed by atoms with van der Waals surface area (Å²) in [6.45, 7) is 6.18. The van der Waals surface area contributed by atoms with Crippen molar-refractivity contribution in [2.24, 2.45) is 0 Å². The molecule has 5 nitrogen and oxygen atoms in total. The van der Waals surface area contributed by atoms with E-state index in [2.05, 4.69) is 26.8 Å². The highest BCUT2D eigenvalue weighted by atomic mass is 16.6. The van der Waals surface area contributed by atoms with Gasteiger partial charge in [0.25, 0.3) is 0 Å². The Morgan fingerprint density at radius 1 is 0.970 bits per heavy atom. The molecule has 0 radical (unpaired) electrons. The highest BCUT2D eigenvalue weighted by Gasteiger charge is 2.14. The average Bonchev–Trinajstić information content (AvgIpc) is 2.82. The van der Waals surface area contributed by atoms with E-state index in [1.54, 1.807) is 24.3 Å². The molecule has 0 N–H and O–H groups in total. The van der Waals surface area contributed by atoms with E-state index in [0.717, 1.165) is 11.1 Å². The summed E-state index contributed by atoms with van der Waals surface area (Å²) in [7, 11) is 1.50. The molecule has 0 aliphatic heterocycles. The molecule has 3 aromatic carbocycles. The van der Waals surface area contributed by atoms with E-state index in [1.807, 2.05) is 54.6 Å². The number of allylic oxidation sites excluding steroid dienone is 1. The van der Waals surface area contributed by atoms with E-state index in [0.29, 0.717) is 17.1 Å². The number of carbonyl (C=O) groups is 1. The van der Waals surface area contributed by atoms with Gasteiger partial charge < -0.3 is 14.2 Å². The monoisotopic (exact) mass is 441 g/mol. The van der Waals surface area contributed by atoms with E-state index < -0.39 is 5.97 Å². The quantitative estimate of drug-likeness (QED) is 0.193. The van der Waals surface area contributed by atoms with E-state index in [9.17, 15) is 10.1 Å². The summed E-state index contributed by atoms with van der Waals surface area (Å²) in [5.74, 6) is 0.720. The number of methoxy groups -OCH3 is 1. The molecule has 0 aliphatic rings. The summed E-state index contributed by atoms with van der Waals surface area (Å²) in [5, 5.41) is 9.52. The minimum absolute atomic E-state index is 0.0461. The van der Waals surface area contributed by atoms with Crippen LogP contribution in [-0.4, -0.2) is 19.7 Å². The lowest BCUT2D eigenvalue weighted by Gasteiger charge is -2.19. The van der Waals surface area contributed by atoms with Crippen molar-refractivity contribution in [1.82, 2.24) is 0 Å². The average molecular weight is 442 g/mol. The van der Waals surface area contributed by atoms with Crippen LogP contribution < -0.4 is 14.2 Å². The predicted octanol–water partition coefficient (Wildman–Crippen LogP) is 6.04. The molecule has 0 saturated carbocycles. The van der Waals surface area contributed by atoms with Crippen molar-refractivity contribution in [3.05, 3.63) is 89.5 Å². The van der Waals surface area contributed by atoms with Crippen LogP contribution in [-0.2, 0) is 10.2 Å². The lowest BCUT2D eigenvalue weighted by atomic mass is 9.87. The Morgan fingerprint density at radius 3 is 2.27 bits per heavy atom. The molecule has 0 amide bonds. The lowest BCUT2D eigenvalue weighted by Crippen LogP contribution is -2.18. The number of benzene rings is 3. The van der Waals surface area contributed by atoms with Crippen molar-refractivity contribution in [1.29, 1.82) is 5.26 Å². The van der Waals surface area contributed by atoms with E-state index in [-0.39, 0.29) is 17.8 Å². The Labute approximate surface area is 194 Å². The molecule has 0 atom stereocenters. The molecule has 0 heterocycles. The first-order valence-corrected chi connectivity index (χ1v) is 10.6. The van der Waals surface area contributed by atoms with Crippen LogP contribution in [0.25, 0.3) is 11.6 Å². The standard InChI is InChI=1S/C28H27NO4/c1-28(2,3)23-11-13-24(14-12-23)32-19-27(30)33-25-15-10-20(17-26(25)31-4)16-22(18-29)21-8-6-5-7-9-21/h5-17H,19H2,1-4H3/b22-16+. The number of nitrogens with zero attached hydrogens (tertiary/aromatic N) is 1. The number of esters is 1. The number of rotatable bonds is 7. The highest BCUT2D eigenvalue weighted by molar-refractivity contribution is 5.89. The van der Waals surface area contributed by atoms with Gasteiger partial charge in [-0.1, -0.05) is 69.3 Å². The fraction of sp³-hybridized carbons (Fsp3) is 0.214. The third-order valence-corrected chi connectivity index (χ3v) is 5.00. The molecular weight excluding hydrogens is 414 g/mol. The molecule has 0 unspecified atom stereocenters. The van der Waals surface area contributed by atoms with Crippen LogP contribution in [0.4, 0.5) is 0 Å². The summed E-state index contributed by atoms with van der Waals surface area (Å²) < 4.78 is 16.4. The fourth-order valence-corrected chi connectivity index (χ4v) is 3.17. The van der Waals surface area contributed by atoms with Crippen molar-refractivity contribution in [2.75, 3.05) is 13.7 Å². The van der Waals surface area contributed by atoms with Gasteiger partial charge in [-0.2, -0.15) is 5.26 Å². The number of hydrogen-bond acceptors (Lipinski definition) is 5. The van der Waals surface area contributed by atoms with Gasteiger partial charge in [0.05, 0.1) is 18.8 Å². The Hall–Kier alpha value is -4.04. The number of ether oxygens (including phenoxy) is 3. The van der Waals surface area contributed by atoms with Crippen LogP contribution in [0.5, 0.6) is 17.2 Å². The minimum Gasteiger partial charge on any atom is -0.493 e. The first kappa shape index (κ1) is 23.6. The minimum atomic E-state index is -0.543. The molecule has 0 spiro atoms. The maximum absolute atomic E-state index is 12.3. The second-order valence-electron chi connectivity index (χ2n) is 8.48. The van der Waals surface area contributed by atoms with Crippen molar-refractivity contribution in [3.8, 4) is 23.3 Å². The van der Waals surface area contributed by atoms with Crippen LogP contribution in [0.1, 0.15) is 37.5 Å². The molecular formula is C28H27NO4. The van der Waals surface area contributed by atoms with Crippen molar-refractivity contribution in [2.45, 2.75) is 26.2 Å². The summed E-state index contributed by atoms with van der Waals surface area (Å²) >= 11 is 0. The van der Waals surface area contributed by atoms with E-state index in [4.69, 9.17) is 14.2 Å². The van der Waals surface area contributed by atoms with Crippen molar-refractivity contribution < 1.29 is 19.0 Å². The van der Waals surface area contributed by atoms with Gasteiger partial charge in [0.15, 0.2) is 18.1 Å². The van der Waals surface area contributed by atoms with Gasteiger partial charge in [-0.3, -0.25) is 0 Å². The van der Waals surface area contributed by atoms with E-state index in [1.165, 1.54) is 12.7 Å². The van der Waals surface area contributed by atoms with Gasteiger partial charge in [-0.05, 0) is 52.4 Å². The molecule has 5 heteroatoms. The third kappa shape index (κ3) is 6.47. The Bertz CT molecular complexity index is 1170. The maximum atomic E-state index is 12.3. The largest absolute Gasteiger partial charge is 0.493 e. The maximum Gasteiger partial charge on any atom is 0.349 e. The van der Waals surface area contributed by atoms with Crippen LogP contribution in [0.15, 0.2) is 72.8 Å². The fourth-order valence-electron chi connectivity index (χ4n) is 3.17. The first-order valence-electron chi connectivity index (χ1n) is 10.6. The normalized spacial score (nSPS) is 11.4. The second-order valence-corrected chi connectivity index (χ2v) is 8.48. The zero-order chi connectivity index (χ0) is 23.8. The van der Waals surface area contributed by atoms with Gasteiger partial charge in [-0.25, -0.2) is 4.79 Å². The number of nitriles is 1. The number of carbonyl (C=O) groups excluding carboxylic acids is 1. The number of hydrogen-bond donors (Lipinski definition) is 0. The molecule has 33 heavy (non-hydrogen) atoms. The van der Waals surface area contributed by atoms with Crippen LogP contribution in [0, 0.1) is 11.3 Å². The third-order valence-electron chi connectivity index (χ3n) is 5.00. The summed E-state index contributed by atoms with van der Waals surface area (Å²) in [4.78, 5) is 12.3. The Morgan fingerprint density at radius 2 is 1.67 bits per heavy atom. The molecule has 3 rings (SSSR count). The topological polar surface area (TPSA) is 68.5 Å². The van der Waals surface area contributed by atoms with Gasteiger partial charge in [0.1, 0.15) is 5.75 Å². The molecule has 0 fully saturated rings. The Balaban J connectivity index is 1.67. The molecule has 0 aliphatic carbocycles. The van der Waals surface area contributed by atoms with Crippen LogP contribution >= 0.6 is 0 Å². The summed E-state index contributed by atoms with van der Waals surface area (Å²) in [6.07, 6.45) is 1.76. The van der Waals surface area contributed by atoms with Crippen molar-refractivity contribution in [3.63, 3.8) is 0 Å².